The Morgan fingerprint density at radius 3 is 2.14 bits per heavy atom. The van der Waals surface area contributed by atoms with Crippen LogP contribution in [0, 0.1) is 23.7 Å². The molecule has 0 saturated heterocycles. The predicted molar refractivity (Wildman–Crippen MR) is 170 cm³/mol. The summed E-state index contributed by atoms with van der Waals surface area (Å²) in [6, 6.07) is 12.9. The largest absolute Gasteiger partial charge is 0.497 e. The standard InChI is InChI=1S/C34H54N2O7/c1-23(2)26(19-25-9-14-32(41-7)33(20-25)43-17-8-16-39-5)21-30(35)31(37)22-29(24(3)4)34(38)36-15-18-42-28-12-10-27(40-6)11-13-28/h9-14,20,23-24,26,29-31,37H,8,15-19,21-22,35H2,1-7H3,(H,36,38)/t26-,29-,30-,31?/m0/s1. The fraction of sp³-hybridized carbons (Fsp3) is 0.618. The molecule has 9 heteroatoms. The Balaban J connectivity index is 1.92. The van der Waals surface area contributed by atoms with Crippen molar-refractivity contribution in [1.82, 2.24) is 5.32 Å². The lowest BCUT2D eigenvalue weighted by Crippen LogP contribution is -2.43. The van der Waals surface area contributed by atoms with Crippen molar-refractivity contribution in [3.8, 4) is 23.0 Å². The second kappa shape index (κ2) is 19.3. The Morgan fingerprint density at radius 2 is 1.53 bits per heavy atom. The monoisotopic (exact) mass is 602 g/mol. The molecule has 1 unspecified atom stereocenters. The maximum Gasteiger partial charge on any atom is 0.223 e. The summed E-state index contributed by atoms with van der Waals surface area (Å²) < 4.78 is 27.4. The number of hydrogen-bond acceptors (Lipinski definition) is 8. The topological polar surface area (TPSA) is 122 Å². The lowest BCUT2D eigenvalue weighted by molar-refractivity contribution is -0.127. The van der Waals surface area contributed by atoms with Gasteiger partial charge in [-0.1, -0.05) is 33.8 Å². The van der Waals surface area contributed by atoms with Gasteiger partial charge in [0.1, 0.15) is 18.1 Å². The maximum absolute atomic E-state index is 13.0. The number of benzene rings is 2. The molecule has 2 aromatic rings. The summed E-state index contributed by atoms with van der Waals surface area (Å²) in [5, 5.41) is 14.1. The predicted octanol–water partition coefficient (Wildman–Crippen LogP) is 4.87. The second-order valence-electron chi connectivity index (χ2n) is 11.8. The SMILES string of the molecule is COCCCOc1cc(C[C@@H](C[C@H](N)C(O)C[C@H](C(=O)NCCOc2ccc(OC)cc2)C(C)C)C(C)C)ccc1OC. The van der Waals surface area contributed by atoms with E-state index in [1.54, 1.807) is 21.3 Å². The number of methoxy groups -OCH3 is 3. The van der Waals surface area contributed by atoms with E-state index in [9.17, 15) is 9.90 Å². The molecule has 0 saturated carbocycles. The molecule has 0 spiro atoms. The van der Waals surface area contributed by atoms with Crippen LogP contribution < -0.4 is 30.0 Å². The van der Waals surface area contributed by atoms with E-state index in [4.69, 9.17) is 29.4 Å². The van der Waals surface area contributed by atoms with Crippen LogP contribution in [0.2, 0.25) is 0 Å². The van der Waals surface area contributed by atoms with Gasteiger partial charge in [-0.05, 0) is 79.0 Å². The summed E-state index contributed by atoms with van der Waals surface area (Å²) in [7, 11) is 4.92. The Hall–Kier alpha value is -3.01. The molecule has 43 heavy (non-hydrogen) atoms. The van der Waals surface area contributed by atoms with Crippen LogP contribution in [-0.4, -0.2) is 70.9 Å². The summed E-state index contributed by atoms with van der Waals surface area (Å²) in [6.07, 6.45) is 1.72. The Bertz CT molecular complexity index is 1060. The number of nitrogens with one attached hydrogen (secondary N) is 1. The molecule has 9 nitrogen and oxygen atoms in total. The van der Waals surface area contributed by atoms with Crippen LogP contribution in [0.4, 0.5) is 0 Å². The first kappa shape index (κ1) is 36.2. The molecule has 0 bridgehead atoms. The molecule has 0 aliphatic rings. The fourth-order valence-corrected chi connectivity index (χ4v) is 5.01. The third-order valence-corrected chi connectivity index (χ3v) is 7.85. The number of ether oxygens (including phenoxy) is 5. The van der Waals surface area contributed by atoms with Gasteiger partial charge in [0.15, 0.2) is 11.5 Å². The van der Waals surface area contributed by atoms with Crippen LogP contribution >= 0.6 is 0 Å². The molecule has 0 heterocycles. The van der Waals surface area contributed by atoms with Crippen molar-refractivity contribution >= 4 is 5.91 Å². The van der Waals surface area contributed by atoms with Gasteiger partial charge >= 0.3 is 0 Å². The first-order valence-electron chi connectivity index (χ1n) is 15.4. The zero-order valence-electron chi connectivity index (χ0n) is 27.1. The molecule has 242 valence electrons. The van der Waals surface area contributed by atoms with E-state index in [-0.39, 0.29) is 23.7 Å². The van der Waals surface area contributed by atoms with Gasteiger partial charge < -0.3 is 39.8 Å². The number of carbonyl (C=O) groups excluding carboxylic acids is 1. The highest BCUT2D eigenvalue weighted by Gasteiger charge is 2.29. The minimum atomic E-state index is -0.800. The summed E-state index contributed by atoms with van der Waals surface area (Å²) in [5.41, 5.74) is 7.69. The highest BCUT2D eigenvalue weighted by Crippen LogP contribution is 2.32. The number of rotatable bonds is 21. The molecule has 2 rings (SSSR count). The third-order valence-electron chi connectivity index (χ3n) is 7.85. The van der Waals surface area contributed by atoms with Crippen LogP contribution in [-0.2, 0) is 16.0 Å². The van der Waals surface area contributed by atoms with Crippen molar-refractivity contribution in [3.63, 3.8) is 0 Å². The van der Waals surface area contributed by atoms with Crippen molar-refractivity contribution in [2.24, 2.45) is 29.4 Å². The first-order chi connectivity index (χ1) is 20.6. The Kier molecular flexibility index (Phi) is 16.2. The van der Waals surface area contributed by atoms with Gasteiger partial charge in [0.2, 0.25) is 5.91 Å². The summed E-state index contributed by atoms with van der Waals surface area (Å²) in [6.45, 7) is 10.2. The quantitative estimate of drug-likeness (QED) is 0.173. The minimum absolute atomic E-state index is 0.0480. The van der Waals surface area contributed by atoms with Crippen LogP contribution in [0.15, 0.2) is 42.5 Å². The van der Waals surface area contributed by atoms with Gasteiger partial charge in [-0.15, -0.1) is 0 Å². The summed E-state index contributed by atoms with van der Waals surface area (Å²) in [5.74, 6) is 3.04. The molecule has 4 N–H and O–H groups in total. The molecular weight excluding hydrogens is 548 g/mol. The van der Waals surface area contributed by atoms with E-state index in [2.05, 4.69) is 25.2 Å². The van der Waals surface area contributed by atoms with Crippen LogP contribution in [0.3, 0.4) is 0 Å². The van der Waals surface area contributed by atoms with E-state index in [1.165, 1.54) is 0 Å². The van der Waals surface area contributed by atoms with E-state index < -0.39 is 12.1 Å². The zero-order valence-corrected chi connectivity index (χ0v) is 27.1. The van der Waals surface area contributed by atoms with Crippen molar-refractivity contribution in [2.45, 2.75) is 65.5 Å². The van der Waals surface area contributed by atoms with Gasteiger partial charge in [0.25, 0.3) is 0 Å². The average Bonchev–Trinajstić information content (AvgIpc) is 2.99. The third kappa shape index (κ3) is 12.6. The number of amides is 1. The molecule has 0 aliphatic heterocycles. The van der Waals surface area contributed by atoms with Crippen molar-refractivity contribution in [2.75, 3.05) is 47.7 Å². The van der Waals surface area contributed by atoms with Crippen molar-refractivity contribution < 1.29 is 33.6 Å². The molecule has 4 atom stereocenters. The van der Waals surface area contributed by atoms with Crippen LogP contribution in [0.5, 0.6) is 23.0 Å². The Labute approximate surface area is 258 Å². The Morgan fingerprint density at radius 1 is 0.837 bits per heavy atom. The normalized spacial score (nSPS) is 14.2. The summed E-state index contributed by atoms with van der Waals surface area (Å²) >= 11 is 0. The average molecular weight is 603 g/mol. The number of aliphatic hydroxyl groups excluding tert-OH is 1. The van der Waals surface area contributed by atoms with E-state index in [0.717, 1.165) is 24.2 Å². The smallest absolute Gasteiger partial charge is 0.223 e. The van der Waals surface area contributed by atoms with Gasteiger partial charge in [-0.3, -0.25) is 4.79 Å². The number of hydrogen-bond donors (Lipinski definition) is 3. The molecule has 2 aromatic carbocycles. The minimum Gasteiger partial charge on any atom is -0.497 e. The first-order valence-corrected chi connectivity index (χ1v) is 15.4. The van der Waals surface area contributed by atoms with Gasteiger partial charge in [-0.2, -0.15) is 0 Å². The molecule has 0 aliphatic carbocycles. The zero-order chi connectivity index (χ0) is 31.8. The highest BCUT2D eigenvalue weighted by molar-refractivity contribution is 5.78. The number of nitrogens with two attached hydrogens (primary N) is 1. The van der Waals surface area contributed by atoms with Crippen molar-refractivity contribution in [1.29, 1.82) is 0 Å². The summed E-state index contributed by atoms with van der Waals surface area (Å²) in [4.78, 5) is 13.0. The molecular formula is C34H54N2O7. The molecule has 0 radical (unpaired) electrons. The van der Waals surface area contributed by atoms with Crippen LogP contribution in [0.1, 0.15) is 52.5 Å². The van der Waals surface area contributed by atoms with E-state index >= 15 is 0 Å². The van der Waals surface area contributed by atoms with E-state index in [1.807, 2.05) is 50.2 Å². The second-order valence-corrected chi connectivity index (χ2v) is 11.8. The van der Waals surface area contributed by atoms with E-state index in [0.29, 0.717) is 62.4 Å². The lowest BCUT2D eigenvalue weighted by Gasteiger charge is -2.30. The lowest BCUT2D eigenvalue weighted by atomic mass is 9.81. The number of aliphatic hydroxyl groups is 1. The van der Waals surface area contributed by atoms with Crippen molar-refractivity contribution in [3.05, 3.63) is 48.0 Å². The van der Waals surface area contributed by atoms with Crippen LogP contribution in [0.25, 0.3) is 0 Å². The maximum atomic E-state index is 13.0. The molecule has 0 aromatic heterocycles. The highest BCUT2D eigenvalue weighted by atomic mass is 16.5. The van der Waals surface area contributed by atoms with Gasteiger partial charge in [0.05, 0.1) is 33.5 Å². The fourth-order valence-electron chi connectivity index (χ4n) is 5.01. The number of carbonyl (C=O) groups is 1. The van der Waals surface area contributed by atoms with Gasteiger partial charge in [0, 0.05) is 32.1 Å². The molecule has 0 fully saturated rings. The van der Waals surface area contributed by atoms with Gasteiger partial charge in [-0.25, -0.2) is 0 Å². The molecule has 1 amide bonds.